The van der Waals surface area contributed by atoms with Crippen molar-refractivity contribution in [2.75, 3.05) is 46.8 Å². The molecule has 0 aliphatic carbocycles. The molecule has 1 aliphatic heterocycles. The van der Waals surface area contributed by atoms with Crippen LogP contribution in [0.2, 0.25) is 0 Å². The second kappa shape index (κ2) is 6.38. The summed E-state index contributed by atoms with van der Waals surface area (Å²) in [6, 6.07) is 0.700. The molecule has 1 aliphatic rings. The zero-order valence-corrected chi connectivity index (χ0v) is 9.92. The Labute approximate surface area is 88.5 Å². The molecule has 0 aromatic rings. The second-order valence-corrected chi connectivity index (χ2v) is 4.35. The summed E-state index contributed by atoms with van der Waals surface area (Å²) in [5, 5.41) is 3.28. The average Bonchev–Trinajstić information content (AvgIpc) is 2.19. The molecule has 3 nitrogen and oxygen atoms in total. The lowest BCUT2D eigenvalue weighted by Crippen LogP contribution is -2.54. The highest BCUT2D eigenvalue weighted by Crippen LogP contribution is 2.07. The van der Waals surface area contributed by atoms with Crippen molar-refractivity contribution in [3.63, 3.8) is 0 Å². The van der Waals surface area contributed by atoms with Gasteiger partial charge in [-0.25, -0.2) is 0 Å². The van der Waals surface area contributed by atoms with Gasteiger partial charge in [0.1, 0.15) is 0 Å². The van der Waals surface area contributed by atoms with Crippen LogP contribution in [0.4, 0.5) is 0 Å². The summed E-state index contributed by atoms with van der Waals surface area (Å²) in [6.07, 6.45) is 2.65. The van der Waals surface area contributed by atoms with Crippen molar-refractivity contribution in [1.82, 2.24) is 15.1 Å². The van der Waals surface area contributed by atoms with Gasteiger partial charge in [0.15, 0.2) is 0 Å². The predicted molar refractivity (Wildman–Crippen MR) is 61.7 cm³/mol. The molecule has 0 bridgehead atoms. The van der Waals surface area contributed by atoms with E-state index in [9.17, 15) is 0 Å². The van der Waals surface area contributed by atoms with E-state index >= 15 is 0 Å². The van der Waals surface area contributed by atoms with Gasteiger partial charge in [-0.1, -0.05) is 13.3 Å². The lowest BCUT2D eigenvalue weighted by molar-refractivity contribution is 0.0950. The van der Waals surface area contributed by atoms with Gasteiger partial charge in [0.05, 0.1) is 0 Å². The number of unbranched alkanes of at least 4 members (excludes halogenated alkanes) is 1. The van der Waals surface area contributed by atoms with Crippen molar-refractivity contribution in [2.24, 2.45) is 0 Å². The van der Waals surface area contributed by atoms with Gasteiger partial charge >= 0.3 is 0 Å². The van der Waals surface area contributed by atoms with Gasteiger partial charge in [-0.2, -0.15) is 0 Å². The van der Waals surface area contributed by atoms with E-state index in [0.29, 0.717) is 6.04 Å². The Bertz CT molecular complexity index is 147. The monoisotopic (exact) mass is 199 g/mol. The maximum absolute atomic E-state index is 3.28. The molecule has 1 atom stereocenters. The first kappa shape index (κ1) is 12.0. The van der Waals surface area contributed by atoms with Crippen LogP contribution in [0.3, 0.4) is 0 Å². The Balaban J connectivity index is 2.29. The highest BCUT2D eigenvalue weighted by atomic mass is 15.3. The summed E-state index contributed by atoms with van der Waals surface area (Å²) in [4.78, 5) is 5.07. The Morgan fingerprint density at radius 1 is 1.36 bits per heavy atom. The van der Waals surface area contributed by atoms with E-state index in [2.05, 4.69) is 29.1 Å². The SMILES string of the molecule is CCCCN1CCN(C)C(CNC)C1. The minimum Gasteiger partial charge on any atom is -0.318 e. The van der Waals surface area contributed by atoms with Crippen molar-refractivity contribution in [2.45, 2.75) is 25.8 Å². The molecule has 1 fully saturated rings. The molecule has 0 saturated carbocycles. The molecule has 0 amide bonds. The van der Waals surface area contributed by atoms with Crippen molar-refractivity contribution in [3.8, 4) is 0 Å². The number of likely N-dealkylation sites (N-methyl/N-ethyl adjacent to an activating group) is 2. The number of piperazine rings is 1. The zero-order chi connectivity index (χ0) is 10.4. The summed E-state index contributed by atoms with van der Waals surface area (Å²) in [6.45, 7) is 8.36. The predicted octanol–water partition coefficient (Wildman–Crippen LogP) is 0.622. The quantitative estimate of drug-likeness (QED) is 0.700. The summed E-state index contributed by atoms with van der Waals surface area (Å²) in [5.41, 5.74) is 0. The van der Waals surface area contributed by atoms with Crippen LogP contribution in [0.25, 0.3) is 0 Å². The van der Waals surface area contributed by atoms with Gasteiger partial charge < -0.3 is 10.2 Å². The number of nitrogens with one attached hydrogen (secondary N) is 1. The first-order chi connectivity index (χ1) is 6.77. The van der Waals surface area contributed by atoms with Crippen LogP contribution in [-0.4, -0.2) is 62.7 Å². The number of hydrogen-bond donors (Lipinski definition) is 1. The van der Waals surface area contributed by atoms with E-state index in [0.717, 1.165) is 6.54 Å². The molecule has 0 aromatic heterocycles. The van der Waals surface area contributed by atoms with Crippen LogP contribution in [0.15, 0.2) is 0 Å². The minimum atomic E-state index is 0.700. The van der Waals surface area contributed by atoms with Crippen LogP contribution in [0.5, 0.6) is 0 Å². The largest absolute Gasteiger partial charge is 0.318 e. The first-order valence-corrected chi connectivity index (χ1v) is 5.85. The van der Waals surface area contributed by atoms with E-state index in [1.54, 1.807) is 0 Å². The Morgan fingerprint density at radius 2 is 2.14 bits per heavy atom. The molecule has 0 aromatic carbocycles. The standard InChI is InChI=1S/C11H25N3/c1-4-5-6-14-8-7-13(3)11(10-14)9-12-2/h11-12H,4-10H2,1-3H3. The third-order valence-electron chi connectivity index (χ3n) is 3.13. The van der Waals surface area contributed by atoms with Crippen molar-refractivity contribution >= 4 is 0 Å². The van der Waals surface area contributed by atoms with Gasteiger partial charge in [0, 0.05) is 32.2 Å². The van der Waals surface area contributed by atoms with E-state index in [-0.39, 0.29) is 0 Å². The fraction of sp³-hybridized carbons (Fsp3) is 1.00. The van der Waals surface area contributed by atoms with E-state index in [1.165, 1.54) is 39.0 Å². The lowest BCUT2D eigenvalue weighted by Gasteiger charge is -2.39. The highest BCUT2D eigenvalue weighted by molar-refractivity contribution is 4.81. The molecule has 3 heteroatoms. The average molecular weight is 199 g/mol. The van der Waals surface area contributed by atoms with Crippen molar-refractivity contribution in [1.29, 1.82) is 0 Å². The Hall–Kier alpha value is -0.120. The summed E-state index contributed by atoms with van der Waals surface area (Å²) < 4.78 is 0. The third kappa shape index (κ3) is 3.56. The van der Waals surface area contributed by atoms with Gasteiger partial charge in [-0.15, -0.1) is 0 Å². The van der Waals surface area contributed by atoms with E-state index in [4.69, 9.17) is 0 Å². The molecule has 14 heavy (non-hydrogen) atoms. The molecule has 1 saturated heterocycles. The van der Waals surface area contributed by atoms with Crippen molar-refractivity contribution in [3.05, 3.63) is 0 Å². The molecule has 1 unspecified atom stereocenters. The minimum absolute atomic E-state index is 0.700. The summed E-state index contributed by atoms with van der Waals surface area (Å²) >= 11 is 0. The second-order valence-electron chi connectivity index (χ2n) is 4.35. The molecule has 84 valence electrons. The smallest absolute Gasteiger partial charge is 0.0345 e. The first-order valence-electron chi connectivity index (χ1n) is 5.85. The van der Waals surface area contributed by atoms with Crippen LogP contribution in [0, 0.1) is 0 Å². The number of rotatable bonds is 5. The number of hydrogen-bond acceptors (Lipinski definition) is 3. The highest BCUT2D eigenvalue weighted by Gasteiger charge is 2.22. The molecule has 1 heterocycles. The molecular weight excluding hydrogens is 174 g/mol. The van der Waals surface area contributed by atoms with Crippen LogP contribution < -0.4 is 5.32 Å². The zero-order valence-electron chi connectivity index (χ0n) is 9.92. The van der Waals surface area contributed by atoms with Crippen LogP contribution in [0.1, 0.15) is 19.8 Å². The summed E-state index contributed by atoms with van der Waals surface area (Å²) in [5.74, 6) is 0. The topological polar surface area (TPSA) is 18.5 Å². The number of nitrogens with zero attached hydrogens (tertiary/aromatic N) is 2. The molecule has 1 N–H and O–H groups in total. The summed E-state index contributed by atoms with van der Waals surface area (Å²) in [7, 11) is 4.28. The lowest BCUT2D eigenvalue weighted by atomic mass is 10.1. The Kier molecular flexibility index (Phi) is 5.45. The fourth-order valence-corrected chi connectivity index (χ4v) is 2.05. The molecular formula is C11H25N3. The molecule has 0 radical (unpaired) electrons. The normalized spacial score (nSPS) is 25.5. The van der Waals surface area contributed by atoms with Gasteiger partial charge in [0.25, 0.3) is 0 Å². The van der Waals surface area contributed by atoms with E-state index in [1.807, 2.05) is 7.05 Å². The van der Waals surface area contributed by atoms with Gasteiger partial charge in [-0.3, -0.25) is 4.90 Å². The molecule has 0 spiro atoms. The Morgan fingerprint density at radius 3 is 2.79 bits per heavy atom. The van der Waals surface area contributed by atoms with Crippen LogP contribution in [-0.2, 0) is 0 Å². The maximum atomic E-state index is 3.28. The van der Waals surface area contributed by atoms with Crippen LogP contribution >= 0.6 is 0 Å². The third-order valence-corrected chi connectivity index (χ3v) is 3.13. The fourth-order valence-electron chi connectivity index (χ4n) is 2.05. The van der Waals surface area contributed by atoms with Gasteiger partial charge in [0.2, 0.25) is 0 Å². The van der Waals surface area contributed by atoms with Gasteiger partial charge in [-0.05, 0) is 27.1 Å². The maximum Gasteiger partial charge on any atom is 0.0345 e. The van der Waals surface area contributed by atoms with E-state index < -0.39 is 0 Å². The molecule has 1 rings (SSSR count). The van der Waals surface area contributed by atoms with Crippen molar-refractivity contribution < 1.29 is 0 Å².